The van der Waals surface area contributed by atoms with Crippen molar-refractivity contribution in [3.05, 3.63) is 71.8 Å². The van der Waals surface area contributed by atoms with Gasteiger partial charge in [0, 0.05) is 6.54 Å². The molecule has 2 atom stereocenters. The summed E-state index contributed by atoms with van der Waals surface area (Å²) in [4.78, 5) is 36.4. The molecular weight excluding hydrogens is 436 g/mol. The number of esters is 2. The Morgan fingerprint density at radius 2 is 1.50 bits per heavy atom. The molecule has 0 saturated heterocycles. The van der Waals surface area contributed by atoms with Gasteiger partial charge in [-0.15, -0.1) is 0 Å². The van der Waals surface area contributed by atoms with Crippen molar-refractivity contribution in [3.8, 4) is 0 Å². The molecule has 2 aromatic carbocycles. The molecule has 34 heavy (non-hydrogen) atoms. The number of hydrogen-bond acceptors (Lipinski definition) is 7. The van der Waals surface area contributed by atoms with E-state index in [2.05, 4.69) is 5.32 Å². The van der Waals surface area contributed by atoms with Crippen molar-refractivity contribution in [2.45, 2.75) is 57.8 Å². The lowest BCUT2D eigenvalue weighted by molar-refractivity contribution is -0.169. The van der Waals surface area contributed by atoms with E-state index in [0.717, 1.165) is 11.1 Å². The summed E-state index contributed by atoms with van der Waals surface area (Å²) in [6.07, 6.45) is 0.978. The lowest BCUT2D eigenvalue weighted by atomic mass is 10.1. The number of nitrogens with one attached hydrogen (secondary N) is 1. The van der Waals surface area contributed by atoms with Crippen molar-refractivity contribution in [3.63, 3.8) is 0 Å². The number of carbonyl (C=O) groups is 3. The molecule has 2 aromatic rings. The van der Waals surface area contributed by atoms with E-state index in [1.807, 2.05) is 60.7 Å². The van der Waals surface area contributed by atoms with E-state index in [1.165, 1.54) is 0 Å². The van der Waals surface area contributed by atoms with E-state index in [0.29, 0.717) is 38.6 Å². The number of unbranched alkanes of at least 4 members (excludes halogenated alkanes) is 1. The molecule has 184 valence electrons. The number of hydrogen-bond donors (Lipinski definition) is 2. The lowest BCUT2D eigenvalue weighted by Gasteiger charge is -2.19. The highest BCUT2D eigenvalue weighted by atomic mass is 16.6. The number of rotatable bonds is 14. The summed E-state index contributed by atoms with van der Waals surface area (Å²) < 4.78 is 15.6. The monoisotopic (exact) mass is 470 g/mol. The molecule has 0 fully saturated rings. The molecular formula is C26H34N2O6. The van der Waals surface area contributed by atoms with Crippen molar-refractivity contribution in [2.75, 3.05) is 13.2 Å². The standard InChI is InChI=1S/C26H34N2O6/c1-2-32-25(30)23(17-16-20-11-5-3-6-12-20)34-24(29)22(27)15-9-10-18-28-26(31)33-19-21-13-7-4-8-14-21/h3-8,11-14,22-23H,2,9-10,15-19,27H2,1H3,(H,28,31)/t22-,23-/m0/s1. The maximum Gasteiger partial charge on any atom is 0.407 e. The van der Waals surface area contributed by atoms with Crippen LogP contribution in [0.1, 0.15) is 43.7 Å². The third-order valence-electron chi connectivity index (χ3n) is 5.07. The number of ether oxygens (including phenoxy) is 3. The number of amides is 1. The Hall–Kier alpha value is -3.39. The summed E-state index contributed by atoms with van der Waals surface area (Å²) in [5.41, 5.74) is 7.91. The number of alkyl carbamates (subject to hydrolysis) is 1. The molecule has 0 aromatic heterocycles. The quantitative estimate of drug-likeness (QED) is 0.246. The highest BCUT2D eigenvalue weighted by Gasteiger charge is 2.26. The van der Waals surface area contributed by atoms with Crippen LogP contribution < -0.4 is 11.1 Å². The molecule has 0 aliphatic rings. The Kier molecular flexibility index (Phi) is 12.2. The smallest absolute Gasteiger partial charge is 0.407 e. The summed E-state index contributed by atoms with van der Waals surface area (Å²) in [5, 5.41) is 2.67. The average molecular weight is 471 g/mol. The molecule has 2 rings (SSSR count). The largest absolute Gasteiger partial charge is 0.463 e. The van der Waals surface area contributed by atoms with Crippen molar-refractivity contribution in [1.29, 1.82) is 0 Å². The van der Waals surface area contributed by atoms with E-state index in [-0.39, 0.29) is 13.2 Å². The van der Waals surface area contributed by atoms with Crippen LogP contribution in [0.3, 0.4) is 0 Å². The molecule has 8 heteroatoms. The van der Waals surface area contributed by atoms with Crippen LogP contribution in [0.15, 0.2) is 60.7 Å². The van der Waals surface area contributed by atoms with Crippen LogP contribution in [0.5, 0.6) is 0 Å². The molecule has 0 heterocycles. The van der Waals surface area contributed by atoms with Gasteiger partial charge in [0.05, 0.1) is 6.61 Å². The minimum absolute atomic E-state index is 0.199. The fourth-order valence-corrected chi connectivity index (χ4v) is 3.20. The minimum atomic E-state index is -1.00. The average Bonchev–Trinajstić information content (AvgIpc) is 2.86. The van der Waals surface area contributed by atoms with Crippen molar-refractivity contribution >= 4 is 18.0 Å². The lowest BCUT2D eigenvalue weighted by Crippen LogP contribution is -2.38. The highest BCUT2D eigenvalue weighted by Crippen LogP contribution is 2.11. The van der Waals surface area contributed by atoms with Crippen molar-refractivity contribution in [1.82, 2.24) is 5.32 Å². The second-order valence-corrected chi connectivity index (χ2v) is 7.79. The molecule has 0 spiro atoms. The van der Waals surface area contributed by atoms with Gasteiger partial charge in [0.15, 0.2) is 6.10 Å². The van der Waals surface area contributed by atoms with E-state index < -0.39 is 30.2 Å². The fourth-order valence-electron chi connectivity index (χ4n) is 3.20. The zero-order valence-electron chi connectivity index (χ0n) is 19.6. The van der Waals surface area contributed by atoms with Crippen LogP contribution in [-0.4, -0.2) is 43.3 Å². The summed E-state index contributed by atoms with van der Waals surface area (Å²) in [6, 6.07) is 18.2. The normalized spacial score (nSPS) is 12.3. The zero-order chi connectivity index (χ0) is 24.6. The SMILES string of the molecule is CCOC(=O)[C@H](CCc1ccccc1)OC(=O)[C@@H](N)CCCCNC(=O)OCc1ccccc1. The van der Waals surface area contributed by atoms with E-state index >= 15 is 0 Å². The Morgan fingerprint density at radius 3 is 2.15 bits per heavy atom. The Morgan fingerprint density at radius 1 is 0.853 bits per heavy atom. The topological polar surface area (TPSA) is 117 Å². The number of carbonyl (C=O) groups excluding carboxylic acids is 3. The van der Waals surface area contributed by atoms with Crippen LogP contribution in [0.2, 0.25) is 0 Å². The Balaban J connectivity index is 1.66. The Bertz CT molecular complexity index is 875. The third kappa shape index (κ3) is 10.5. The second kappa shape index (κ2) is 15.4. The zero-order valence-corrected chi connectivity index (χ0v) is 19.6. The predicted octanol–water partition coefficient (Wildman–Crippen LogP) is 3.52. The summed E-state index contributed by atoms with van der Waals surface area (Å²) in [6.45, 7) is 2.50. The molecule has 0 unspecified atom stereocenters. The van der Waals surface area contributed by atoms with Gasteiger partial charge >= 0.3 is 18.0 Å². The molecule has 0 aliphatic carbocycles. The summed E-state index contributed by atoms with van der Waals surface area (Å²) >= 11 is 0. The van der Waals surface area contributed by atoms with Gasteiger partial charge in [0.2, 0.25) is 0 Å². The highest BCUT2D eigenvalue weighted by molar-refractivity contribution is 5.81. The number of aryl methyl sites for hydroxylation is 1. The van der Waals surface area contributed by atoms with Crippen LogP contribution in [0.25, 0.3) is 0 Å². The van der Waals surface area contributed by atoms with E-state index in [1.54, 1.807) is 6.92 Å². The van der Waals surface area contributed by atoms with Gasteiger partial charge < -0.3 is 25.3 Å². The van der Waals surface area contributed by atoms with Crippen LogP contribution >= 0.6 is 0 Å². The molecule has 1 amide bonds. The first-order valence-electron chi connectivity index (χ1n) is 11.6. The van der Waals surface area contributed by atoms with Gasteiger partial charge in [0.25, 0.3) is 0 Å². The van der Waals surface area contributed by atoms with Crippen molar-refractivity contribution in [2.24, 2.45) is 5.73 Å². The van der Waals surface area contributed by atoms with Gasteiger partial charge in [-0.05, 0) is 50.2 Å². The molecule has 8 nitrogen and oxygen atoms in total. The summed E-state index contributed by atoms with van der Waals surface area (Å²) in [5.74, 6) is -1.21. The Labute approximate surface area is 200 Å². The van der Waals surface area contributed by atoms with Gasteiger partial charge in [-0.2, -0.15) is 0 Å². The van der Waals surface area contributed by atoms with Gasteiger partial charge in [-0.25, -0.2) is 9.59 Å². The molecule has 0 radical (unpaired) electrons. The van der Waals surface area contributed by atoms with Crippen LogP contribution in [-0.2, 0) is 36.8 Å². The third-order valence-corrected chi connectivity index (χ3v) is 5.07. The molecule has 0 saturated carbocycles. The second-order valence-electron chi connectivity index (χ2n) is 7.79. The fraction of sp³-hybridized carbons (Fsp3) is 0.423. The first-order valence-corrected chi connectivity index (χ1v) is 11.6. The van der Waals surface area contributed by atoms with Gasteiger partial charge in [-0.1, -0.05) is 60.7 Å². The molecule has 0 aliphatic heterocycles. The van der Waals surface area contributed by atoms with E-state index in [4.69, 9.17) is 19.9 Å². The summed E-state index contributed by atoms with van der Waals surface area (Å²) in [7, 11) is 0. The minimum Gasteiger partial charge on any atom is -0.463 e. The first kappa shape index (κ1) is 26.9. The van der Waals surface area contributed by atoms with Crippen LogP contribution in [0.4, 0.5) is 4.79 Å². The molecule has 3 N–H and O–H groups in total. The maximum absolute atomic E-state index is 12.4. The predicted molar refractivity (Wildman–Crippen MR) is 128 cm³/mol. The van der Waals surface area contributed by atoms with E-state index in [9.17, 15) is 14.4 Å². The number of nitrogens with two attached hydrogens (primary N) is 1. The maximum atomic E-state index is 12.4. The van der Waals surface area contributed by atoms with Gasteiger partial charge in [-0.3, -0.25) is 4.79 Å². The molecule has 0 bridgehead atoms. The first-order chi connectivity index (χ1) is 16.5. The van der Waals surface area contributed by atoms with Crippen LogP contribution in [0, 0.1) is 0 Å². The van der Waals surface area contributed by atoms with Gasteiger partial charge in [0.1, 0.15) is 12.6 Å². The number of benzene rings is 2. The van der Waals surface area contributed by atoms with Crippen molar-refractivity contribution < 1.29 is 28.6 Å².